The summed E-state index contributed by atoms with van der Waals surface area (Å²) in [5.41, 5.74) is 9.25. The molecule has 0 aliphatic rings. The Bertz CT molecular complexity index is 1230. The lowest BCUT2D eigenvalue weighted by atomic mass is 10.0. The van der Waals surface area contributed by atoms with E-state index in [9.17, 15) is 9.59 Å². The topological polar surface area (TPSA) is 102 Å². The third kappa shape index (κ3) is 4.02. The Kier molecular flexibility index (Phi) is 5.21. The Morgan fingerprint density at radius 1 is 1.00 bits per heavy atom. The maximum absolute atomic E-state index is 12.9. The number of rotatable bonds is 4. The fraction of sp³-hybridized carbons (Fsp3) is 0.136. The molecule has 8 nitrogen and oxygen atoms in total. The Balaban J connectivity index is 1.56. The molecule has 0 unspecified atom stereocenters. The van der Waals surface area contributed by atoms with Crippen molar-refractivity contribution >= 4 is 22.7 Å². The number of nitrogens with one attached hydrogen (secondary N) is 2. The summed E-state index contributed by atoms with van der Waals surface area (Å²) in [5, 5.41) is 4.95. The number of fused-ring (bicyclic) bond motifs is 1. The zero-order valence-electron chi connectivity index (χ0n) is 16.6. The van der Waals surface area contributed by atoms with Crippen LogP contribution in [0.1, 0.15) is 21.7 Å². The molecule has 0 saturated carbocycles. The highest BCUT2D eigenvalue weighted by atomic mass is 16.2. The molecule has 4 rings (SSSR count). The molecular weight excluding hydrogens is 380 g/mol. The Labute approximate surface area is 172 Å². The number of carbonyl (C=O) groups is 2. The Hall–Kier alpha value is -4.07. The maximum atomic E-state index is 12.9. The molecule has 8 heteroatoms. The second-order valence-corrected chi connectivity index (χ2v) is 6.90. The van der Waals surface area contributed by atoms with Crippen LogP contribution in [0.25, 0.3) is 22.2 Å². The van der Waals surface area contributed by atoms with Crippen molar-refractivity contribution in [2.75, 3.05) is 0 Å². The number of benzene rings is 1. The van der Waals surface area contributed by atoms with Crippen molar-refractivity contribution in [1.29, 1.82) is 0 Å². The first-order chi connectivity index (χ1) is 14.5. The molecule has 3 aromatic heterocycles. The van der Waals surface area contributed by atoms with Crippen LogP contribution in [0.15, 0.2) is 60.9 Å². The lowest BCUT2D eigenvalue weighted by Gasteiger charge is -2.12. The van der Waals surface area contributed by atoms with E-state index in [1.807, 2.05) is 56.3 Å². The van der Waals surface area contributed by atoms with Crippen LogP contribution in [-0.2, 0) is 11.3 Å². The monoisotopic (exact) mass is 400 g/mol. The van der Waals surface area contributed by atoms with Crippen molar-refractivity contribution in [2.24, 2.45) is 0 Å². The molecule has 0 fully saturated rings. The summed E-state index contributed by atoms with van der Waals surface area (Å²) in [5.74, 6) is -0.798. The van der Waals surface area contributed by atoms with Crippen molar-refractivity contribution < 1.29 is 9.59 Å². The van der Waals surface area contributed by atoms with E-state index in [-0.39, 0.29) is 12.5 Å². The second-order valence-electron chi connectivity index (χ2n) is 6.90. The van der Waals surface area contributed by atoms with E-state index < -0.39 is 5.91 Å². The van der Waals surface area contributed by atoms with Gasteiger partial charge in [-0.25, -0.2) is 4.98 Å². The van der Waals surface area contributed by atoms with Crippen LogP contribution in [0.3, 0.4) is 0 Å². The zero-order valence-corrected chi connectivity index (χ0v) is 16.6. The van der Waals surface area contributed by atoms with Gasteiger partial charge in [-0.15, -0.1) is 0 Å². The van der Waals surface area contributed by atoms with Crippen molar-refractivity contribution in [3.63, 3.8) is 0 Å². The molecule has 2 N–H and O–H groups in total. The van der Waals surface area contributed by atoms with Gasteiger partial charge in [0.25, 0.3) is 11.8 Å². The summed E-state index contributed by atoms with van der Waals surface area (Å²) in [6, 6.07) is 14.6. The number of carbonyl (C=O) groups excluding carboxylic acids is 2. The lowest BCUT2D eigenvalue weighted by molar-refractivity contribution is -0.122. The van der Waals surface area contributed by atoms with Crippen LogP contribution in [0.2, 0.25) is 0 Å². The van der Waals surface area contributed by atoms with Crippen molar-refractivity contribution in [3.05, 3.63) is 77.9 Å². The number of aryl methyl sites for hydroxylation is 2. The third-order valence-electron chi connectivity index (χ3n) is 4.65. The third-order valence-corrected chi connectivity index (χ3v) is 4.65. The summed E-state index contributed by atoms with van der Waals surface area (Å²) in [4.78, 5) is 33.8. The summed E-state index contributed by atoms with van der Waals surface area (Å²) < 4.78 is 1.58. The van der Waals surface area contributed by atoms with E-state index in [0.29, 0.717) is 22.2 Å². The molecule has 0 aliphatic carbocycles. The highest BCUT2D eigenvalue weighted by molar-refractivity contribution is 6.07. The average molecular weight is 400 g/mol. The summed E-state index contributed by atoms with van der Waals surface area (Å²) in [7, 11) is 0. The van der Waals surface area contributed by atoms with Gasteiger partial charge in [0.1, 0.15) is 6.54 Å². The van der Waals surface area contributed by atoms with Crippen LogP contribution < -0.4 is 10.9 Å². The first kappa shape index (κ1) is 19.3. The molecule has 4 aromatic rings. The van der Waals surface area contributed by atoms with Gasteiger partial charge < -0.3 is 0 Å². The molecule has 150 valence electrons. The molecular formula is C22H20N6O2. The van der Waals surface area contributed by atoms with Crippen molar-refractivity contribution in [2.45, 2.75) is 20.4 Å². The molecule has 0 spiro atoms. The van der Waals surface area contributed by atoms with Crippen LogP contribution in [0, 0.1) is 13.8 Å². The molecule has 30 heavy (non-hydrogen) atoms. The van der Waals surface area contributed by atoms with Crippen LogP contribution in [-0.4, -0.2) is 31.6 Å². The molecule has 2 amide bonds. The lowest BCUT2D eigenvalue weighted by Crippen LogP contribution is -2.43. The number of pyridine rings is 2. The van der Waals surface area contributed by atoms with Gasteiger partial charge in [-0.3, -0.25) is 30.1 Å². The number of hydrazine groups is 1. The van der Waals surface area contributed by atoms with Gasteiger partial charge in [0.05, 0.1) is 22.5 Å². The molecule has 3 heterocycles. The number of hydrogen-bond acceptors (Lipinski definition) is 5. The predicted molar refractivity (Wildman–Crippen MR) is 112 cm³/mol. The maximum Gasteiger partial charge on any atom is 0.270 e. The zero-order chi connectivity index (χ0) is 21.1. The minimum atomic E-state index is -0.425. The molecule has 0 radical (unpaired) electrons. The van der Waals surface area contributed by atoms with Gasteiger partial charge in [-0.05, 0) is 44.2 Å². The number of nitrogens with zero attached hydrogens (tertiary/aromatic N) is 4. The average Bonchev–Trinajstić information content (AvgIpc) is 3.08. The van der Waals surface area contributed by atoms with Crippen molar-refractivity contribution in [3.8, 4) is 11.3 Å². The van der Waals surface area contributed by atoms with E-state index >= 15 is 0 Å². The fourth-order valence-corrected chi connectivity index (χ4v) is 3.24. The van der Waals surface area contributed by atoms with Gasteiger partial charge in [0, 0.05) is 29.0 Å². The highest BCUT2D eigenvalue weighted by Gasteiger charge is 2.15. The first-order valence-corrected chi connectivity index (χ1v) is 9.41. The second kappa shape index (κ2) is 8.12. The van der Waals surface area contributed by atoms with Crippen LogP contribution >= 0.6 is 0 Å². The SMILES string of the molecule is Cc1cc(C)n(CC(=O)NNC(=O)c2cc(-c3ccncc3)nc3ccccc23)n1. The molecule has 0 saturated heterocycles. The number of aromatic nitrogens is 4. The Morgan fingerprint density at radius 2 is 1.77 bits per heavy atom. The number of hydrogen-bond donors (Lipinski definition) is 2. The van der Waals surface area contributed by atoms with Gasteiger partial charge in [-0.1, -0.05) is 18.2 Å². The minimum absolute atomic E-state index is 0.0132. The number of amides is 2. The summed E-state index contributed by atoms with van der Waals surface area (Å²) >= 11 is 0. The van der Waals surface area contributed by atoms with E-state index in [1.165, 1.54) is 0 Å². The smallest absolute Gasteiger partial charge is 0.270 e. The van der Waals surface area contributed by atoms with Gasteiger partial charge in [-0.2, -0.15) is 5.10 Å². The van der Waals surface area contributed by atoms with E-state index in [4.69, 9.17) is 0 Å². The highest BCUT2D eigenvalue weighted by Crippen LogP contribution is 2.24. The summed E-state index contributed by atoms with van der Waals surface area (Å²) in [6.07, 6.45) is 3.34. The van der Waals surface area contributed by atoms with Crippen molar-refractivity contribution in [1.82, 2.24) is 30.6 Å². The van der Waals surface area contributed by atoms with E-state index in [2.05, 4.69) is 25.9 Å². The molecule has 0 atom stereocenters. The van der Waals surface area contributed by atoms with E-state index in [1.54, 1.807) is 23.1 Å². The summed E-state index contributed by atoms with van der Waals surface area (Å²) in [6.45, 7) is 3.74. The number of para-hydroxylation sites is 1. The van der Waals surface area contributed by atoms with Crippen LogP contribution in [0.5, 0.6) is 0 Å². The molecule has 1 aromatic carbocycles. The Morgan fingerprint density at radius 3 is 2.50 bits per heavy atom. The fourth-order valence-electron chi connectivity index (χ4n) is 3.24. The normalized spacial score (nSPS) is 10.7. The minimum Gasteiger partial charge on any atom is -0.271 e. The van der Waals surface area contributed by atoms with Gasteiger partial charge in [0.2, 0.25) is 0 Å². The van der Waals surface area contributed by atoms with Gasteiger partial charge in [0.15, 0.2) is 0 Å². The molecule has 0 bridgehead atoms. The first-order valence-electron chi connectivity index (χ1n) is 9.41. The predicted octanol–water partition coefficient (Wildman–Crippen LogP) is 2.57. The standard InChI is InChI=1S/C22H20N6O2/c1-14-11-15(2)28(27-14)13-21(29)25-26-22(30)18-12-20(16-7-9-23-10-8-16)24-19-6-4-3-5-17(18)19/h3-12H,13H2,1-2H3,(H,25,29)(H,26,30). The van der Waals surface area contributed by atoms with E-state index in [0.717, 1.165) is 17.0 Å². The van der Waals surface area contributed by atoms with Gasteiger partial charge >= 0.3 is 0 Å². The molecule has 0 aliphatic heterocycles. The largest absolute Gasteiger partial charge is 0.271 e. The van der Waals surface area contributed by atoms with Crippen LogP contribution in [0.4, 0.5) is 0 Å². The quantitative estimate of drug-likeness (QED) is 0.513.